The number of unbranched alkanes of at least 4 members (excludes halogenated alkanes) is 7. The summed E-state index contributed by atoms with van der Waals surface area (Å²) in [5.74, 6) is -0.0488. The molecule has 0 aliphatic rings. The molecule has 0 heterocycles. The van der Waals surface area contributed by atoms with E-state index in [2.05, 4.69) is 28.2 Å². The monoisotopic (exact) mass is 373 g/mol. The summed E-state index contributed by atoms with van der Waals surface area (Å²) in [6, 6.07) is 5.27. The lowest BCUT2D eigenvalue weighted by atomic mass is 10.1. The molecule has 0 aliphatic carbocycles. The van der Waals surface area contributed by atoms with E-state index in [0.717, 1.165) is 17.4 Å². The number of benzene rings is 1. The van der Waals surface area contributed by atoms with Crippen molar-refractivity contribution in [3.8, 4) is 0 Å². The molecule has 1 N–H and O–H groups in total. The molecule has 0 unspecified atom stereocenters. The maximum Gasteiger partial charge on any atom is 0.251 e. The van der Waals surface area contributed by atoms with Crippen LogP contribution in [0.15, 0.2) is 22.7 Å². The average molecular weight is 375 g/mol. The Labute approximate surface area is 141 Å². The van der Waals surface area contributed by atoms with Gasteiger partial charge in [0.25, 0.3) is 5.91 Å². The fourth-order valence-electron chi connectivity index (χ4n) is 2.20. The van der Waals surface area contributed by atoms with Gasteiger partial charge in [0.05, 0.1) is 5.02 Å². The van der Waals surface area contributed by atoms with Gasteiger partial charge in [-0.1, -0.05) is 63.5 Å². The molecule has 1 rings (SSSR count). The van der Waals surface area contributed by atoms with E-state index in [-0.39, 0.29) is 5.91 Å². The van der Waals surface area contributed by atoms with Crippen molar-refractivity contribution in [2.45, 2.75) is 58.3 Å². The largest absolute Gasteiger partial charge is 0.352 e. The molecule has 0 saturated carbocycles. The number of carbonyl (C=O) groups excluding carboxylic acids is 1. The van der Waals surface area contributed by atoms with Crippen LogP contribution in [0.1, 0.15) is 68.6 Å². The van der Waals surface area contributed by atoms with Crippen LogP contribution in [0.2, 0.25) is 5.02 Å². The highest BCUT2D eigenvalue weighted by Gasteiger charge is 2.06. The number of halogens is 2. The second-order valence-electron chi connectivity index (χ2n) is 5.36. The van der Waals surface area contributed by atoms with Crippen LogP contribution in [-0.4, -0.2) is 12.5 Å². The Morgan fingerprint density at radius 2 is 1.71 bits per heavy atom. The van der Waals surface area contributed by atoms with Crippen LogP contribution in [0, 0.1) is 0 Å². The summed E-state index contributed by atoms with van der Waals surface area (Å²) in [5, 5.41) is 3.51. The number of nitrogens with one attached hydrogen (secondary N) is 1. The van der Waals surface area contributed by atoms with E-state index in [1.807, 2.05) is 0 Å². The maximum atomic E-state index is 11.9. The first-order valence-corrected chi connectivity index (χ1v) is 9.05. The molecule has 1 amide bonds. The fraction of sp³-hybridized carbons (Fsp3) is 0.588. The van der Waals surface area contributed by atoms with Gasteiger partial charge < -0.3 is 5.32 Å². The van der Waals surface area contributed by atoms with E-state index in [0.29, 0.717) is 10.6 Å². The Morgan fingerprint density at radius 1 is 1.10 bits per heavy atom. The zero-order valence-corrected chi connectivity index (χ0v) is 15.1. The van der Waals surface area contributed by atoms with Crippen molar-refractivity contribution < 1.29 is 4.79 Å². The van der Waals surface area contributed by atoms with Crippen LogP contribution in [0.25, 0.3) is 0 Å². The second-order valence-corrected chi connectivity index (χ2v) is 6.62. The summed E-state index contributed by atoms with van der Waals surface area (Å²) >= 11 is 9.30. The van der Waals surface area contributed by atoms with Gasteiger partial charge in [-0.25, -0.2) is 0 Å². The topological polar surface area (TPSA) is 29.1 Å². The van der Waals surface area contributed by atoms with E-state index < -0.39 is 0 Å². The molecular formula is C17H25BrClNO. The fourth-order valence-corrected chi connectivity index (χ4v) is 2.63. The lowest BCUT2D eigenvalue weighted by Gasteiger charge is -2.06. The second kappa shape index (κ2) is 11.1. The zero-order valence-electron chi connectivity index (χ0n) is 12.8. The first-order chi connectivity index (χ1) is 10.1. The lowest BCUT2D eigenvalue weighted by Crippen LogP contribution is -2.24. The van der Waals surface area contributed by atoms with Gasteiger partial charge in [0.1, 0.15) is 0 Å². The number of hydrogen-bond acceptors (Lipinski definition) is 1. The number of hydrogen-bond donors (Lipinski definition) is 1. The Bertz CT molecular complexity index is 437. The molecule has 0 fully saturated rings. The Balaban J connectivity index is 2.09. The van der Waals surface area contributed by atoms with Crippen molar-refractivity contribution in [3.63, 3.8) is 0 Å². The third-order valence-electron chi connectivity index (χ3n) is 3.50. The van der Waals surface area contributed by atoms with Gasteiger partial charge in [-0.15, -0.1) is 0 Å². The lowest BCUT2D eigenvalue weighted by molar-refractivity contribution is 0.0953. The van der Waals surface area contributed by atoms with Crippen molar-refractivity contribution >= 4 is 33.4 Å². The van der Waals surface area contributed by atoms with Crippen molar-refractivity contribution in [3.05, 3.63) is 33.3 Å². The smallest absolute Gasteiger partial charge is 0.251 e. The quantitative estimate of drug-likeness (QED) is 0.502. The Kier molecular flexibility index (Phi) is 9.77. The van der Waals surface area contributed by atoms with Crippen molar-refractivity contribution in [1.82, 2.24) is 5.32 Å². The van der Waals surface area contributed by atoms with Crippen LogP contribution < -0.4 is 5.32 Å². The third-order valence-corrected chi connectivity index (χ3v) is 4.73. The standard InChI is InChI=1S/C17H25BrClNO/c1-2-3-4-5-6-7-8-9-12-20-17(21)14-10-11-15(18)16(19)13-14/h10-11,13H,2-9,12H2,1H3,(H,20,21). The summed E-state index contributed by atoms with van der Waals surface area (Å²) in [5.41, 5.74) is 0.614. The van der Waals surface area contributed by atoms with Gasteiger partial charge in [-0.3, -0.25) is 4.79 Å². The van der Waals surface area contributed by atoms with Crippen molar-refractivity contribution in [2.75, 3.05) is 6.54 Å². The minimum absolute atomic E-state index is 0.0488. The molecule has 0 atom stereocenters. The van der Waals surface area contributed by atoms with Crippen LogP contribution in [0.5, 0.6) is 0 Å². The molecule has 1 aromatic rings. The SMILES string of the molecule is CCCCCCCCCCNC(=O)c1ccc(Br)c(Cl)c1. The van der Waals surface area contributed by atoms with Gasteiger partial charge >= 0.3 is 0 Å². The van der Waals surface area contributed by atoms with Gasteiger partial charge in [-0.05, 0) is 40.5 Å². The predicted molar refractivity (Wildman–Crippen MR) is 94.1 cm³/mol. The molecule has 1 aromatic carbocycles. The number of amides is 1. The first kappa shape index (κ1) is 18.5. The minimum atomic E-state index is -0.0488. The third kappa shape index (κ3) is 7.87. The summed E-state index contributed by atoms with van der Waals surface area (Å²) in [4.78, 5) is 11.9. The number of carbonyl (C=O) groups is 1. The molecule has 0 aromatic heterocycles. The molecule has 21 heavy (non-hydrogen) atoms. The molecule has 118 valence electrons. The molecule has 0 bridgehead atoms. The van der Waals surface area contributed by atoms with Gasteiger partial charge in [0, 0.05) is 16.6 Å². The molecule has 0 saturated heterocycles. The van der Waals surface area contributed by atoms with Gasteiger partial charge in [0.15, 0.2) is 0 Å². The van der Waals surface area contributed by atoms with Crippen LogP contribution in [-0.2, 0) is 0 Å². The van der Waals surface area contributed by atoms with Crippen LogP contribution >= 0.6 is 27.5 Å². The Hall–Kier alpha value is -0.540. The number of rotatable bonds is 10. The van der Waals surface area contributed by atoms with Gasteiger partial charge in [-0.2, -0.15) is 0 Å². The molecule has 2 nitrogen and oxygen atoms in total. The minimum Gasteiger partial charge on any atom is -0.352 e. The summed E-state index contributed by atoms with van der Waals surface area (Å²) < 4.78 is 0.809. The summed E-state index contributed by atoms with van der Waals surface area (Å²) in [6.07, 6.45) is 10.2. The predicted octanol–water partition coefficient (Wildman–Crippen LogP) is 5.97. The highest BCUT2D eigenvalue weighted by molar-refractivity contribution is 9.10. The molecule has 0 radical (unpaired) electrons. The molecule has 0 spiro atoms. The van der Waals surface area contributed by atoms with Crippen molar-refractivity contribution in [2.24, 2.45) is 0 Å². The van der Waals surface area contributed by atoms with E-state index in [1.54, 1.807) is 18.2 Å². The Morgan fingerprint density at radius 3 is 2.33 bits per heavy atom. The van der Waals surface area contributed by atoms with E-state index in [4.69, 9.17) is 11.6 Å². The van der Waals surface area contributed by atoms with E-state index in [1.165, 1.54) is 44.9 Å². The average Bonchev–Trinajstić information content (AvgIpc) is 2.48. The first-order valence-electron chi connectivity index (χ1n) is 7.88. The maximum absolute atomic E-state index is 11.9. The highest BCUT2D eigenvalue weighted by atomic mass is 79.9. The summed E-state index contributed by atoms with van der Waals surface area (Å²) in [6.45, 7) is 2.97. The normalized spacial score (nSPS) is 10.6. The van der Waals surface area contributed by atoms with E-state index in [9.17, 15) is 4.79 Å². The van der Waals surface area contributed by atoms with Crippen molar-refractivity contribution in [1.29, 1.82) is 0 Å². The van der Waals surface area contributed by atoms with Crippen LogP contribution in [0.3, 0.4) is 0 Å². The van der Waals surface area contributed by atoms with E-state index >= 15 is 0 Å². The molecule has 4 heteroatoms. The molecule has 0 aliphatic heterocycles. The summed E-state index contributed by atoms with van der Waals surface area (Å²) in [7, 11) is 0. The zero-order chi connectivity index (χ0) is 15.5. The molecular weight excluding hydrogens is 350 g/mol. The highest BCUT2D eigenvalue weighted by Crippen LogP contribution is 2.23. The van der Waals surface area contributed by atoms with Gasteiger partial charge in [0.2, 0.25) is 0 Å². The van der Waals surface area contributed by atoms with Crippen LogP contribution in [0.4, 0.5) is 0 Å².